The Morgan fingerprint density at radius 2 is 1.70 bits per heavy atom. The zero-order chi connectivity index (χ0) is 26.5. The van der Waals surface area contributed by atoms with Gasteiger partial charge in [0.15, 0.2) is 0 Å². The van der Waals surface area contributed by atoms with Crippen LogP contribution < -0.4 is 10.1 Å². The Hall–Kier alpha value is -3.06. The number of likely N-dealkylation sites (tertiary alicyclic amines) is 1. The summed E-state index contributed by atoms with van der Waals surface area (Å²) in [5, 5.41) is 14.8. The number of para-hydroxylation sites is 2. The molecule has 202 valence electrons. The van der Waals surface area contributed by atoms with E-state index in [1.54, 1.807) is 4.90 Å². The minimum atomic E-state index is -1.22. The first-order chi connectivity index (χ1) is 18.0. The monoisotopic (exact) mass is 510 g/mol. The van der Waals surface area contributed by atoms with Gasteiger partial charge in [-0.05, 0) is 50.3 Å². The molecular weight excluding hydrogens is 468 g/mol. The van der Waals surface area contributed by atoms with Crippen molar-refractivity contribution >= 4 is 12.5 Å². The topological polar surface area (TPSA) is 88.1 Å². The van der Waals surface area contributed by atoms with Crippen LogP contribution in [0.1, 0.15) is 68.9 Å². The number of carbonyl (C=O) groups is 2. The molecule has 1 heterocycles. The molecule has 2 N–H and O–H groups in total. The maximum Gasteiger partial charge on any atom is 0.406 e. The third kappa shape index (κ3) is 8.22. The first kappa shape index (κ1) is 28.5. The van der Waals surface area contributed by atoms with E-state index in [-0.39, 0.29) is 5.92 Å². The SMILES string of the molecule is C1CCCC1.COC(=O)NCCCC(O)(c1ccccc1Oc1ccccc1C)C1CCCN(C=O)C1. The van der Waals surface area contributed by atoms with Crippen molar-refractivity contribution in [2.75, 3.05) is 26.7 Å². The Morgan fingerprint density at radius 3 is 2.35 bits per heavy atom. The Bertz CT molecular complexity index is 986. The van der Waals surface area contributed by atoms with Crippen molar-refractivity contribution in [3.63, 3.8) is 0 Å². The van der Waals surface area contributed by atoms with Gasteiger partial charge in [0, 0.05) is 31.1 Å². The van der Waals surface area contributed by atoms with Crippen LogP contribution in [0.3, 0.4) is 0 Å². The molecule has 2 aromatic carbocycles. The lowest BCUT2D eigenvalue weighted by Gasteiger charge is -2.42. The van der Waals surface area contributed by atoms with Crippen molar-refractivity contribution in [1.82, 2.24) is 10.2 Å². The summed E-state index contributed by atoms with van der Waals surface area (Å²) >= 11 is 0. The van der Waals surface area contributed by atoms with Crippen LogP contribution in [0.15, 0.2) is 48.5 Å². The molecule has 2 atom stereocenters. The molecule has 7 heteroatoms. The fourth-order valence-electron chi connectivity index (χ4n) is 5.26. The van der Waals surface area contributed by atoms with Gasteiger partial charge in [0.2, 0.25) is 6.41 Å². The second-order valence-corrected chi connectivity index (χ2v) is 10.0. The maximum atomic E-state index is 12.1. The molecule has 2 fully saturated rings. The van der Waals surface area contributed by atoms with E-state index in [1.807, 2.05) is 55.5 Å². The molecule has 2 amide bonds. The number of nitrogens with zero attached hydrogens (tertiary/aromatic N) is 1. The largest absolute Gasteiger partial charge is 0.457 e. The number of hydrogen-bond donors (Lipinski definition) is 2. The summed E-state index contributed by atoms with van der Waals surface area (Å²) in [6.45, 7) is 3.52. The summed E-state index contributed by atoms with van der Waals surface area (Å²) < 4.78 is 10.9. The van der Waals surface area contributed by atoms with Crippen LogP contribution in [0.4, 0.5) is 4.79 Å². The van der Waals surface area contributed by atoms with Gasteiger partial charge in [-0.1, -0.05) is 68.5 Å². The van der Waals surface area contributed by atoms with Crippen LogP contribution >= 0.6 is 0 Å². The molecule has 0 radical (unpaired) electrons. The highest BCUT2D eigenvalue weighted by molar-refractivity contribution is 5.66. The van der Waals surface area contributed by atoms with E-state index < -0.39 is 11.7 Å². The van der Waals surface area contributed by atoms with Crippen LogP contribution in [-0.2, 0) is 15.1 Å². The molecule has 0 bridgehead atoms. The van der Waals surface area contributed by atoms with Crippen LogP contribution in [0, 0.1) is 12.8 Å². The Morgan fingerprint density at radius 1 is 1.05 bits per heavy atom. The van der Waals surface area contributed by atoms with Crippen molar-refractivity contribution in [3.8, 4) is 11.5 Å². The van der Waals surface area contributed by atoms with Crippen LogP contribution in [0.2, 0.25) is 0 Å². The summed E-state index contributed by atoms with van der Waals surface area (Å²) in [6, 6.07) is 15.3. The van der Waals surface area contributed by atoms with Gasteiger partial charge in [-0.25, -0.2) is 4.79 Å². The quantitative estimate of drug-likeness (QED) is 0.322. The predicted molar refractivity (Wildman–Crippen MR) is 145 cm³/mol. The molecule has 0 spiro atoms. The third-order valence-corrected chi connectivity index (χ3v) is 7.38. The van der Waals surface area contributed by atoms with E-state index in [2.05, 4.69) is 10.1 Å². The summed E-state index contributed by atoms with van der Waals surface area (Å²) in [4.78, 5) is 24.6. The highest BCUT2D eigenvalue weighted by atomic mass is 16.5. The fraction of sp³-hybridized carbons (Fsp3) is 0.533. The molecule has 1 aliphatic carbocycles. The van der Waals surface area contributed by atoms with E-state index in [4.69, 9.17) is 4.74 Å². The molecular formula is C30H42N2O5. The Labute approximate surface area is 221 Å². The molecule has 0 aromatic heterocycles. The number of benzene rings is 2. The number of aryl methyl sites for hydroxylation is 1. The van der Waals surface area contributed by atoms with Crippen molar-refractivity contribution in [2.45, 2.75) is 70.3 Å². The lowest BCUT2D eigenvalue weighted by molar-refractivity contribution is -0.123. The van der Waals surface area contributed by atoms with Gasteiger partial charge >= 0.3 is 6.09 Å². The van der Waals surface area contributed by atoms with Gasteiger partial charge in [0.25, 0.3) is 0 Å². The molecule has 2 aliphatic rings. The van der Waals surface area contributed by atoms with Crippen molar-refractivity contribution < 1.29 is 24.2 Å². The average Bonchev–Trinajstić information content (AvgIpc) is 3.53. The predicted octanol–water partition coefficient (Wildman–Crippen LogP) is 5.93. The molecule has 2 unspecified atom stereocenters. The van der Waals surface area contributed by atoms with Gasteiger partial charge in [-0.2, -0.15) is 0 Å². The van der Waals surface area contributed by atoms with E-state index >= 15 is 0 Å². The number of methoxy groups -OCH3 is 1. The average molecular weight is 511 g/mol. The summed E-state index contributed by atoms with van der Waals surface area (Å²) in [6.07, 6.45) is 10.4. The highest BCUT2D eigenvalue weighted by Crippen LogP contribution is 2.44. The Kier molecular flexibility index (Phi) is 11.3. The fourth-order valence-corrected chi connectivity index (χ4v) is 5.26. The lowest BCUT2D eigenvalue weighted by Crippen LogP contribution is -2.46. The molecule has 37 heavy (non-hydrogen) atoms. The van der Waals surface area contributed by atoms with E-state index in [0.717, 1.165) is 30.6 Å². The number of carbonyl (C=O) groups excluding carboxylic acids is 2. The smallest absolute Gasteiger partial charge is 0.406 e. The van der Waals surface area contributed by atoms with Crippen LogP contribution in [-0.4, -0.2) is 49.3 Å². The van der Waals surface area contributed by atoms with E-state index in [0.29, 0.717) is 43.8 Å². The lowest BCUT2D eigenvalue weighted by atomic mass is 9.74. The summed E-state index contributed by atoms with van der Waals surface area (Å²) in [5.74, 6) is 1.17. The molecule has 1 aliphatic heterocycles. The zero-order valence-corrected chi connectivity index (χ0v) is 22.3. The van der Waals surface area contributed by atoms with Crippen molar-refractivity contribution in [3.05, 3.63) is 59.7 Å². The van der Waals surface area contributed by atoms with Gasteiger partial charge in [0.1, 0.15) is 11.5 Å². The zero-order valence-electron chi connectivity index (χ0n) is 22.3. The van der Waals surface area contributed by atoms with Gasteiger partial charge < -0.3 is 24.8 Å². The molecule has 7 nitrogen and oxygen atoms in total. The normalized spacial score (nSPS) is 18.7. The van der Waals surface area contributed by atoms with Crippen LogP contribution in [0.5, 0.6) is 11.5 Å². The summed E-state index contributed by atoms with van der Waals surface area (Å²) in [7, 11) is 1.32. The Balaban J connectivity index is 0.000000678. The van der Waals surface area contributed by atoms with Crippen LogP contribution in [0.25, 0.3) is 0 Å². The molecule has 2 aromatic rings. The molecule has 1 saturated heterocycles. The van der Waals surface area contributed by atoms with Gasteiger partial charge in [-0.15, -0.1) is 0 Å². The maximum absolute atomic E-state index is 12.1. The highest BCUT2D eigenvalue weighted by Gasteiger charge is 2.42. The van der Waals surface area contributed by atoms with Crippen molar-refractivity contribution in [2.24, 2.45) is 5.92 Å². The first-order valence-corrected chi connectivity index (χ1v) is 13.5. The third-order valence-electron chi connectivity index (χ3n) is 7.38. The number of rotatable bonds is 9. The second kappa shape index (κ2) is 14.6. The van der Waals surface area contributed by atoms with E-state index in [1.165, 1.54) is 39.2 Å². The summed E-state index contributed by atoms with van der Waals surface area (Å²) in [5.41, 5.74) is 0.468. The van der Waals surface area contributed by atoms with Gasteiger partial charge in [-0.3, -0.25) is 4.79 Å². The minimum Gasteiger partial charge on any atom is -0.457 e. The number of aliphatic hydroxyl groups is 1. The number of amides is 2. The standard InChI is InChI=1S/C25H32N2O5.C5H10/c1-19-9-3-5-12-22(19)32-23-13-6-4-11-21(23)25(30,14-8-15-26-24(29)31-2)20-10-7-16-27(17-20)18-28;1-2-4-5-3-1/h3-6,9,11-13,18,20,30H,7-8,10,14-17H2,1-2H3,(H,26,29);1-5H2. The number of hydrogen-bond acceptors (Lipinski definition) is 5. The van der Waals surface area contributed by atoms with E-state index in [9.17, 15) is 14.7 Å². The second-order valence-electron chi connectivity index (χ2n) is 10.0. The number of piperidine rings is 1. The number of ether oxygens (including phenoxy) is 2. The first-order valence-electron chi connectivity index (χ1n) is 13.5. The number of alkyl carbamates (subject to hydrolysis) is 1. The minimum absolute atomic E-state index is 0.152. The molecule has 1 saturated carbocycles. The van der Waals surface area contributed by atoms with Crippen molar-refractivity contribution in [1.29, 1.82) is 0 Å². The molecule has 4 rings (SSSR count). The number of nitrogens with one attached hydrogen (secondary N) is 1. The van der Waals surface area contributed by atoms with Gasteiger partial charge in [0.05, 0.1) is 12.7 Å².